The van der Waals surface area contributed by atoms with Gasteiger partial charge in [-0.05, 0) is 75.1 Å². The summed E-state index contributed by atoms with van der Waals surface area (Å²) in [7, 11) is -4.26. The number of rotatable bonds is 13. The minimum Gasteiger partial charge on any atom is -0.494 e. The van der Waals surface area contributed by atoms with Gasteiger partial charge in [-0.25, -0.2) is 21.8 Å². The number of anilines is 2. The average molecular weight is 689 g/mol. The normalized spacial score (nSPS) is 13.0. The first-order valence-corrected chi connectivity index (χ1v) is 18.2. The van der Waals surface area contributed by atoms with Gasteiger partial charge in [-0.15, -0.1) is 0 Å². The molecule has 1 heterocycles. The second-order valence-corrected chi connectivity index (χ2v) is 15.0. The number of amides is 1. The van der Waals surface area contributed by atoms with E-state index < -0.39 is 32.0 Å². The van der Waals surface area contributed by atoms with E-state index in [-0.39, 0.29) is 28.4 Å². The van der Waals surface area contributed by atoms with Gasteiger partial charge in [0.2, 0.25) is 15.9 Å². The van der Waals surface area contributed by atoms with Gasteiger partial charge in [0.1, 0.15) is 6.04 Å². The standard InChI is InChI=1S/C34H36N6O6S2/c1-39(2)21-20-30(33(35)41)40(47(3,43)44)26-16-14-24(15-17-26)36-32(23-10-6-4-7-11-23)31-28-22-27(18-19-29(28)37-34(31)42)48(45,46)38-25-12-8-5-9-13-25/h4-19,22,30,37-38,42H,20-21H2,1-3H3,(H2,35,41). The van der Waals surface area contributed by atoms with Gasteiger partial charge in [-0.3, -0.25) is 13.8 Å². The summed E-state index contributed by atoms with van der Waals surface area (Å²) >= 11 is 0. The van der Waals surface area contributed by atoms with Crippen molar-refractivity contribution in [3.8, 4) is 5.88 Å². The number of aliphatic imine (C=N–C) groups is 1. The van der Waals surface area contributed by atoms with Crippen molar-refractivity contribution in [3.05, 3.63) is 114 Å². The largest absolute Gasteiger partial charge is 0.494 e. The van der Waals surface area contributed by atoms with Gasteiger partial charge in [0.05, 0.1) is 33.8 Å². The number of hydrogen-bond donors (Lipinski definition) is 4. The van der Waals surface area contributed by atoms with Crippen LogP contribution in [0.4, 0.5) is 17.1 Å². The maximum absolute atomic E-state index is 13.3. The van der Waals surface area contributed by atoms with E-state index in [2.05, 4.69) is 9.71 Å². The fourth-order valence-electron chi connectivity index (χ4n) is 5.31. The van der Waals surface area contributed by atoms with Crippen LogP contribution < -0.4 is 14.8 Å². The highest BCUT2D eigenvalue weighted by Crippen LogP contribution is 2.34. The van der Waals surface area contributed by atoms with Gasteiger partial charge in [-0.1, -0.05) is 48.5 Å². The Morgan fingerprint density at radius 2 is 1.54 bits per heavy atom. The summed E-state index contributed by atoms with van der Waals surface area (Å²) < 4.78 is 56.0. The smallest absolute Gasteiger partial charge is 0.261 e. The Labute approximate surface area is 279 Å². The zero-order valence-corrected chi connectivity index (χ0v) is 28.2. The Morgan fingerprint density at radius 3 is 2.12 bits per heavy atom. The maximum Gasteiger partial charge on any atom is 0.261 e. The molecule has 14 heteroatoms. The third kappa shape index (κ3) is 7.68. The van der Waals surface area contributed by atoms with E-state index in [0.717, 1.165) is 10.6 Å². The number of nitrogens with zero attached hydrogens (tertiary/aromatic N) is 3. The number of H-pyrrole nitrogens is 1. The van der Waals surface area contributed by atoms with Crippen LogP contribution in [0.5, 0.6) is 5.88 Å². The number of primary amides is 1. The molecule has 1 amide bonds. The van der Waals surface area contributed by atoms with Crippen molar-refractivity contribution < 1.29 is 26.7 Å². The summed E-state index contributed by atoms with van der Waals surface area (Å²) in [6.45, 7) is 0.432. The van der Waals surface area contributed by atoms with Gasteiger partial charge in [0, 0.05) is 28.7 Å². The molecule has 1 unspecified atom stereocenters. The van der Waals surface area contributed by atoms with Crippen LogP contribution in [0.3, 0.4) is 0 Å². The van der Waals surface area contributed by atoms with Gasteiger partial charge < -0.3 is 20.7 Å². The van der Waals surface area contributed by atoms with E-state index in [1.807, 2.05) is 25.1 Å². The van der Waals surface area contributed by atoms with Crippen molar-refractivity contribution in [1.82, 2.24) is 9.88 Å². The predicted octanol–water partition coefficient (Wildman–Crippen LogP) is 4.42. The SMILES string of the molecule is CN(C)CCC(C(N)=O)N(c1ccc(N=C(c2ccccc2)c2c(O)[nH]c3ccc(S(=O)(=O)Nc4ccccc4)cc23)cc1)S(C)(=O)=O. The molecule has 0 saturated carbocycles. The first kappa shape index (κ1) is 34.2. The molecule has 12 nitrogen and oxygen atoms in total. The third-order valence-electron chi connectivity index (χ3n) is 7.53. The minimum absolute atomic E-state index is 0.0185. The van der Waals surface area contributed by atoms with Gasteiger partial charge in [-0.2, -0.15) is 0 Å². The number of aromatic nitrogens is 1. The molecule has 1 aromatic heterocycles. The monoisotopic (exact) mass is 688 g/mol. The van der Waals surface area contributed by atoms with Crippen molar-refractivity contribution in [2.75, 3.05) is 35.9 Å². The quantitative estimate of drug-likeness (QED) is 0.132. The average Bonchev–Trinajstić information content (AvgIpc) is 3.36. The molecule has 250 valence electrons. The van der Waals surface area contributed by atoms with Crippen LogP contribution in [-0.4, -0.2) is 76.4 Å². The Hall–Kier alpha value is -5.18. The number of benzene rings is 4. The first-order valence-electron chi connectivity index (χ1n) is 14.8. The molecule has 5 rings (SSSR count). The predicted molar refractivity (Wildman–Crippen MR) is 189 cm³/mol. The van der Waals surface area contributed by atoms with E-state index in [0.29, 0.717) is 40.1 Å². The summed E-state index contributed by atoms with van der Waals surface area (Å²) in [4.78, 5) is 22.0. The molecular formula is C34H36N6O6S2. The number of nitrogens with one attached hydrogen (secondary N) is 2. The van der Waals surface area contributed by atoms with Crippen molar-refractivity contribution in [2.45, 2.75) is 17.4 Å². The van der Waals surface area contributed by atoms with E-state index in [9.17, 15) is 26.7 Å². The van der Waals surface area contributed by atoms with E-state index in [4.69, 9.17) is 10.7 Å². The number of sulfonamides is 2. The summed E-state index contributed by atoms with van der Waals surface area (Å²) in [6.07, 6.45) is 1.20. The third-order valence-corrected chi connectivity index (χ3v) is 10.1. The number of aromatic amines is 1. The molecule has 5 aromatic rings. The first-order chi connectivity index (χ1) is 22.7. The number of aromatic hydroxyl groups is 1. The lowest BCUT2D eigenvalue weighted by molar-refractivity contribution is -0.119. The molecule has 5 N–H and O–H groups in total. The fourth-order valence-corrected chi connectivity index (χ4v) is 7.57. The highest BCUT2D eigenvalue weighted by Gasteiger charge is 2.31. The molecule has 0 aliphatic rings. The van der Waals surface area contributed by atoms with Gasteiger partial charge in [0.25, 0.3) is 10.0 Å². The number of nitrogens with two attached hydrogens (primary N) is 1. The number of hydrogen-bond acceptors (Lipinski definition) is 8. The van der Waals surface area contributed by atoms with Crippen LogP contribution >= 0.6 is 0 Å². The molecule has 48 heavy (non-hydrogen) atoms. The topological polar surface area (TPSA) is 178 Å². The molecule has 0 saturated heterocycles. The molecule has 4 aromatic carbocycles. The second kappa shape index (κ2) is 13.9. The van der Waals surface area contributed by atoms with Crippen LogP contribution in [0.15, 0.2) is 113 Å². The van der Waals surface area contributed by atoms with Gasteiger partial charge >= 0.3 is 0 Å². The zero-order valence-electron chi connectivity index (χ0n) is 26.5. The highest BCUT2D eigenvalue weighted by molar-refractivity contribution is 7.92. The molecule has 0 radical (unpaired) electrons. The molecular weight excluding hydrogens is 653 g/mol. The zero-order chi connectivity index (χ0) is 34.6. The van der Waals surface area contributed by atoms with E-state index in [1.54, 1.807) is 72.8 Å². The van der Waals surface area contributed by atoms with E-state index >= 15 is 0 Å². The second-order valence-electron chi connectivity index (χ2n) is 11.4. The highest BCUT2D eigenvalue weighted by atomic mass is 32.2. The van der Waals surface area contributed by atoms with Crippen molar-refractivity contribution in [2.24, 2.45) is 10.7 Å². The van der Waals surface area contributed by atoms with Crippen molar-refractivity contribution in [3.63, 3.8) is 0 Å². The van der Waals surface area contributed by atoms with Crippen molar-refractivity contribution >= 4 is 59.6 Å². The lowest BCUT2D eigenvalue weighted by Crippen LogP contribution is -2.49. The van der Waals surface area contributed by atoms with Crippen LogP contribution in [0, 0.1) is 0 Å². The fraction of sp³-hybridized carbons (Fsp3) is 0.176. The lowest BCUT2D eigenvalue weighted by Gasteiger charge is -2.30. The lowest BCUT2D eigenvalue weighted by atomic mass is 10.0. The number of para-hydroxylation sites is 1. The van der Waals surface area contributed by atoms with Crippen LogP contribution in [0.25, 0.3) is 10.9 Å². The summed E-state index contributed by atoms with van der Waals surface area (Å²) in [5, 5.41) is 11.6. The molecule has 0 spiro atoms. The van der Waals surface area contributed by atoms with Crippen LogP contribution in [-0.2, 0) is 24.8 Å². The van der Waals surface area contributed by atoms with Crippen molar-refractivity contribution in [1.29, 1.82) is 0 Å². The Bertz CT molecular complexity index is 2170. The molecule has 0 bridgehead atoms. The Morgan fingerprint density at radius 1 is 0.917 bits per heavy atom. The molecule has 0 aliphatic carbocycles. The number of fused-ring (bicyclic) bond motifs is 1. The van der Waals surface area contributed by atoms with Crippen LogP contribution in [0.1, 0.15) is 17.5 Å². The summed E-state index contributed by atoms with van der Waals surface area (Å²) in [5.74, 6) is -0.992. The maximum atomic E-state index is 13.3. The van der Waals surface area contributed by atoms with Gasteiger partial charge in [0.15, 0.2) is 5.88 Å². The minimum atomic E-state index is -3.98. The van der Waals surface area contributed by atoms with Crippen LogP contribution in [0.2, 0.25) is 0 Å². The molecule has 0 aliphatic heterocycles. The van der Waals surface area contributed by atoms with E-state index in [1.165, 1.54) is 24.3 Å². The molecule has 1 atom stereocenters. The summed E-state index contributed by atoms with van der Waals surface area (Å²) in [6, 6.07) is 27.2. The number of carbonyl (C=O) groups is 1. The summed E-state index contributed by atoms with van der Waals surface area (Å²) in [5.41, 5.74) is 8.41. The molecule has 0 fully saturated rings. The Kier molecular flexibility index (Phi) is 9.89. The Balaban J connectivity index is 1.60. The number of carbonyl (C=O) groups excluding carboxylic acids is 1.